The molecule has 0 unspecified atom stereocenters. The maximum Gasteiger partial charge on any atom is 0.120 e. The Balaban J connectivity index is 0.000000186. The van der Waals surface area contributed by atoms with Gasteiger partial charge in [0.1, 0.15) is 11.2 Å². The van der Waals surface area contributed by atoms with Crippen LogP contribution in [0.4, 0.5) is 0 Å². The van der Waals surface area contributed by atoms with Crippen molar-refractivity contribution in [3.8, 4) is 22.5 Å². The summed E-state index contributed by atoms with van der Waals surface area (Å²) in [5.41, 5.74) is 5.84. The second kappa shape index (κ2) is 15.8. The summed E-state index contributed by atoms with van der Waals surface area (Å²) < 4.78 is 71.4. The molecular weight excluding hydrogens is 881 g/mol. The van der Waals surface area contributed by atoms with E-state index in [0.717, 1.165) is 49.0 Å². The molecule has 0 spiro atoms. The smallest absolute Gasteiger partial charge is 0.120 e. The maximum atomic E-state index is 9.07. The van der Waals surface area contributed by atoms with Gasteiger partial charge < -0.3 is 18.8 Å². The van der Waals surface area contributed by atoms with Crippen LogP contribution in [0, 0.1) is 24.4 Å². The van der Waals surface area contributed by atoms with Crippen LogP contribution >= 0.6 is 0 Å². The molecule has 0 aliphatic carbocycles. The molecule has 0 saturated heterocycles. The monoisotopic (exact) mass is 934 g/mol. The second-order valence-corrected chi connectivity index (χ2v) is 20.8. The molecule has 9 aromatic rings. The van der Waals surface area contributed by atoms with Crippen molar-refractivity contribution in [3.63, 3.8) is 0 Å². The molecule has 5 aromatic carbocycles. The van der Waals surface area contributed by atoms with Gasteiger partial charge in [0.25, 0.3) is 0 Å². The molecule has 0 aliphatic rings. The molecule has 4 heterocycles. The first kappa shape index (κ1) is 31.0. The van der Waals surface area contributed by atoms with Crippen LogP contribution in [0.15, 0.2) is 136 Å². The molecule has 0 fully saturated rings. The van der Waals surface area contributed by atoms with Crippen LogP contribution in [0.5, 0.6) is 0 Å². The molecule has 1 radical (unpaired) electrons. The van der Waals surface area contributed by atoms with Crippen molar-refractivity contribution in [3.05, 3.63) is 162 Å². The van der Waals surface area contributed by atoms with Crippen LogP contribution in [0.25, 0.3) is 66.4 Å². The van der Waals surface area contributed by atoms with Crippen molar-refractivity contribution < 1.29 is 38.5 Å². The summed E-state index contributed by atoms with van der Waals surface area (Å²) in [7, 11) is -1.86. The average Bonchev–Trinajstić information content (AvgIpc) is 3.82. The Hall–Kier alpha value is -5.13. The van der Waals surface area contributed by atoms with Crippen molar-refractivity contribution >= 4 is 57.1 Å². The van der Waals surface area contributed by atoms with E-state index in [-0.39, 0.29) is 31.2 Å². The van der Waals surface area contributed by atoms with Gasteiger partial charge in [-0.3, -0.25) is 0 Å². The van der Waals surface area contributed by atoms with E-state index in [0.29, 0.717) is 33.7 Å². The number of pyridine rings is 2. The largest absolute Gasteiger partial charge is 0.501 e. The molecular formula is C50H46IrN2O2Si-2. The van der Waals surface area contributed by atoms with E-state index < -0.39 is 33.1 Å². The zero-order valence-electron chi connectivity index (χ0n) is 39.2. The van der Waals surface area contributed by atoms with E-state index in [1.165, 1.54) is 12.3 Å². The van der Waals surface area contributed by atoms with Gasteiger partial charge in [-0.2, -0.15) is 0 Å². The third kappa shape index (κ3) is 8.06. The number of hydrogen-bond acceptors (Lipinski definition) is 4. The first-order valence-electron chi connectivity index (χ1n) is 21.9. The van der Waals surface area contributed by atoms with Crippen LogP contribution in [0.3, 0.4) is 0 Å². The van der Waals surface area contributed by atoms with Gasteiger partial charge in [-0.25, -0.2) is 0 Å². The van der Waals surface area contributed by atoms with Crippen molar-refractivity contribution in [1.82, 2.24) is 9.97 Å². The quantitative estimate of drug-likeness (QED) is 0.123. The number of aromatic nitrogens is 2. The second-order valence-electron chi connectivity index (χ2n) is 15.7. The third-order valence-corrected chi connectivity index (χ3v) is 11.4. The fourth-order valence-electron chi connectivity index (χ4n) is 6.83. The van der Waals surface area contributed by atoms with E-state index >= 15 is 0 Å². The van der Waals surface area contributed by atoms with E-state index in [1.54, 1.807) is 26.8 Å². The summed E-state index contributed by atoms with van der Waals surface area (Å²) in [5.74, 6) is 0. The molecule has 0 amide bonds. The van der Waals surface area contributed by atoms with Crippen LogP contribution < -0.4 is 5.19 Å². The van der Waals surface area contributed by atoms with E-state index in [4.69, 9.17) is 23.4 Å². The minimum Gasteiger partial charge on any atom is -0.501 e. The van der Waals surface area contributed by atoms with E-state index in [9.17, 15) is 0 Å². The van der Waals surface area contributed by atoms with Crippen molar-refractivity contribution in [1.29, 1.82) is 0 Å². The van der Waals surface area contributed by atoms with Gasteiger partial charge in [0, 0.05) is 52.9 Å². The number of nitrogens with zero attached hydrogens (tertiary/aromatic N) is 2. The van der Waals surface area contributed by atoms with Crippen molar-refractivity contribution in [2.75, 3.05) is 0 Å². The van der Waals surface area contributed by atoms with Gasteiger partial charge in [-0.05, 0) is 64.8 Å². The van der Waals surface area contributed by atoms with Crippen molar-refractivity contribution in [2.24, 2.45) is 5.41 Å². The predicted molar refractivity (Wildman–Crippen MR) is 232 cm³/mol. The number of rotatable bonds is 6. The summed E-state index contributed by atoms with van der Waals surface area (Å²) in [6.07, 6.45) is -0.407. The third-order valence-electron chi connectivity index (χ3n) is 9.37. The van der Waals surface area contributed by atoms with Gasteiger partial charge >= 0.3 is 0 Å². The first-order valence-corrected chi connectivity index (χ1v) is 21.9. The Morgan fingerprint density at radius 2 is 1.18 bits per heavy atom. The molecule has 56 heavy (non-hydrogen) atoms. The molecule has 9 rings (SSSR count). The molecule has 0 N–H and O–H groups in total. The Morgan fingerprint density at radius 3 is 1.71 bits per heavy atom. The minimum absolute atomic E-state index is 0. The van der Waals surface area contributed by atoms with Crippen molar-refractivity contribution in [2.45, 2.75) is 60.0 Å². The standard InChI is InChI=1S/C27H24NOSi.C23H22NO.Ir/c1-30(2,3)26-18-28-24(17-20(26)16-19-10-5-4-6-11-19)23-14-9-13-22-21-12-7-8-15-25(21)29-27(22)23;1-15-14-24-20(12-16(15)13-23(2,3)4)19-10-7-9-18-17-8-5-6-11-21(17)25-22(18)19;/h4-13,15,17-18H,16H2,1-3H3;5-9,11-12,14H,13H2,1-4H3;/q2*-1;/i16D2;1D3,13D2;. The number of hydrogen-bond donors (Lipinski definition) is 0. The van der Waals surface area contributed by atoms with E-state index in [2.05, 4.69) is 36.8 Å². The number of fused-ring (bicyclic) bond motifs is 6. The van der Waals surface area contributed by atoms with Gasteiger partial charge in [0.2, 0.25) is 0 Å². The van der Waals surface area contributed by atoms with Gasteiger partial charge in [0.05, 0.1) is 19.2 Å². The summed E-state index contributed by atoms with van der Waals surface area (Å²) in [6, 6.07) is 42.5. The zero-order chi connectivity index (χ0) is 44.4. The average molecular weight is 934 g/mol. The van der Waals surface area contributed by atoms with Crippen LogP contribution in [-0.4, -0.2) is 18.0 Å². The molecule has 0 bridgehead atoms. The van der Waals surface area contributed by atoms with Crippen LogP contribution in [0.1, 0.15) is 52.6 Å². The molecule has 0 saturated carbocycles. The van der Waals surface area contributed by atoms with Crippen LogP contribution in [0.2, 0.25) is 19.6 Å². The Morgan fingerprint density at radius 1 is 0.661 bits per heavy atom. The molecule has 4 nitrogen and oxygen atoms in total. The summed E-state index contributed by atoms with van der Waals surface area (Å²) in [4.78, 5) is 9.15. The molecule has 283 valence electrons. The Labute approximate surface area is 354 Å². The molecule has 0 aliphatic heterocycles. The zero-order valence-corrected chi connectivity index (χ0v) is 35.6. The molecule has 6 heteroatoms. The Kier molecular flexibility index (Phi) is 8.74. The minimum atomic E-state index is -2.48. The normalized spacial score (nSPS) is 14.4. The SMILES string of the molecule is [2H]C([2H])([2H])c1cnc(-c2[c-]ccc3c2oc2ccccc23)cc1C([2H])([2H])C(C)(C)C.[2H]C([2H])(c1ccccc1)c1cc(-c2[c-]ccc3c2oc2ccccc23)ncc1[Si](C)(C)C.[Ir]. The first-order chi connectivity index (χ1) is 29.2. The molecule has 0 atom stereocenters. The van der Waals surface area contributed by atoms with E-state index in [1.807, 2.05) is 109 Å². The molecule has 4 aromatic heterocycles. The summed E-state index contributed by atoms with van der Waals surface area (Å²) in [5, 5.41) is 4.95. The fraction of sp³-hybridized carbons (Fsp3) is 0.200. The Bertz CT molecular complexity index is 3110. The number of benzene rings is 5. The number of para-hydroxylation sites is 2. The maximum absolute atomic E-state index is 9.07. The fourth-order valence-corrected chi connectivity index (χ4v) is 8.23. The summed E-state index contributed by atoms with van der Waals surface area (Å²) in [6.45, 7) is 9.45. The number of aryl methyl sites for hydroxylation is 1. The number of furan rings is 2. The van der Waals surface area contributed by atoms with Gasteiger partial charge in [-0.15, -0.1) is 36.4 Å². The van der Waals surface area contributed by atoms with Gasteiger partial charge in [0.15, 0.2) is 0 Å². The van der Waals surface area contributed by atoms with Gasteiger partial charge in [-0.1, -0.05) is 152 Å². The predicted octanol–water partition coefficient (Wildman–Crippen LogP) is 12.9. The summed E-state index contributed by atoms with van der Waals surface area (Å²) >= 11 is 0. The topological polar surface area (TPSA) is 52.1 Å². The van der Waals surface area contributed by atoms with Crippen LogP contribution in [-0.2, 0) is 32.9 Å².